The van der Waals surface area contributed by atoms with E-state index in [-0.39, 0.29) is 0 Å². The number of benzene rings is 1. The van der Waals surface area contributed by atoms with Crippen molar-refractivity contribution in [1.82, 2.24) is 10.3 Å². The second kappa shape index (κ2) is 5.54. The molecule has 0 bridgehead atoms. The SMILES string of the molecule is Cc1ccc(C2CNCCC2c2cccnc2)cc1. The first kappa shape index (κ1) is 12.4. The van der Waals surface area contributed by atoms with Crippen LogP contribution < -0.4 is 5.32 Å². The summed E-state index contributed by atoms with van der Waals surface area (Å²) in [6.45, 7) is 4.30. The molecular formula is C17H20N2. The molecule has 19 heavy (non-hydrogen) atoms. The molecule has 1 saturated heterocycles. The molecule has 2 aromatic rings. The molecule has 3 rings (SSSR count). The summed E-state index contributed by atoms with van der Waals surface area (Å²) in [6, 6.07) is 13.2. The number of aryl methyl sites for hydroxylation is 1. The molecule has 1 fully saturated rings. The summed E-state index contributed by atoms with van der Waals surface area (Å²) < 4.78 is 0. The van der Waals surface area contributed by atoms with Gasteiger partial charge >= 0.3 is 0 Å². The maximum absolute atomic E-state index is 4.28. The molecule has 2 heterocycles. The number of pyridine rings is 1. The quantitative estimate of drug-likeness (QED) is 0.887. The zero-order valence-corrected chi connectivity index (χ0v) is 11.3. The van der Waals surface area contributed by atoms with E-state index < -0.39 is 0 Å². The highest BCUT2D eigenvalue weighted by Crippen LogP contribution is 2.36. The van der Waals surface area contributed by atoms with Crippen molar-refractivity contribution in [2.45, 2.75) is 25.2 Å². The van der Waals surface area contributed by atoms with Gasteiger partial charge in [-0.1, -0.05) is 35.9 Å². The van der Waals surface area contributed by atoms with E-state index >= 15 is 0 Å². The van der Waals surface area contributed by atoms with Gasteiger partial charge in [0.05, 0.1) is 0 Å². The summed E-state index contributed by atoms with van der Waals surface area (Å²) >= 11 is 0. The number of hydrogen-bond donors (Lipinski definition) is 1. The fourth-order valence-electron chi connectivity index (χ4n) is 3.02. The molecule has 2 nitrogen and oxygen atoms in total. The third kappa shape index (κ3) is 2.69. The van der Waals surface area contributed by atoms with Crippen molar-refractivity contribution in [2.24, 2.45) is 0 Å². The summed E-state index contributed by atoms with van der Waals surface area (Å²) in [5.74, 6) is 1.14. The lowest BCUT2D eigenvalue weighted by Gasteiger charge is -2.32. The number of piperidine rings is 1. The van der Waals surface area contributed by atoms with Gasteiger partial charge in [-0.15, -0.1) is 0 Å². The van der Waals surface area contributed by atoms with Crippen LogP contribution in [-0.2, 0) is 0 Å². The van der Waals surface area contributed by atoms with Gasteiger partial charge in [-0.05, 0) is 43.0 Å². The smallest absolute Gasteiger partial charge is 0.0302 e. The standard InChI is InChI=1S/C17H20N2/c1-13-4-6-14(7-5-13)17-12-19-10-8-16(17)15-3-2-9-18-11-15/h2-7,9,11,16-17,19H,8,10,12H2,1H3. The minimum absolute atomic E-state index is 0.554. The Morgan fingerprint density at radius 2 is 1.89 bits per heavy atom. The number of aromatic nitrogens is 1. The van der Waals surface area contributed by atoms with E-state index in [4.69, 9.17) is 0 Å². The van der Waals surface area contributed by atoms with E-state index in [9.17, 15) is 0 Å². The second-order valence-electron chi connectivity index (χ2n) is 5.40. The molecule has 2 heteroatoms. The summed E-state index contributed by atoms with van der Waals surface area (Å²) in [6.07, 6.45) is 5.06. The first-order valence-electron chi connectivity index (χ1n) is 7.02. The highest BCUT2D eigenvalue weighted by Gasteiger charge is 2.27. The van der Waals surface area contributed by atoms with Gasteiger partial charge in [0.25, 0.3) is 0 Å². The molecule has 0 amide bonds. The highest BCUT2D eigenvalue weighted by molar-refractivity contribution is 5.30. The van der Waals surface area contributed by atoms with Gasteiger partial charge in [0.1, 0.15) is 0 Å². The maximum Gasteiger partial charge on any atom is 0.0302 e. The van der Waals surface area contributed by atoms with Crippen LogP contribution in [0.5, 0.6) is 0 Å². The van der Waals surface area contributed by atoms with Gasteiger partial charge in [0, 0.05) is 24.9 Å². The normalized spacial score (nSPS) is 23.2. The van der Waals surface area contributed by atoms with Gasteiger partial charge < -0.3 is 5.32 Å². The highest BCUT2D eigenvalue weighted by atomic mass is 14.9. The second-order valence-corrected chi connectivity index (χ2v) is 5.40. The predicted molar refractivity (Wildman–Crippen MR) is 78.4 cm³/mol. The van der Waals surface area contributed by atoms with Crippen molar-refractivity contribution in [2.75, 3.05) is 13.1 Å². The average molecular weight is 252 g/mol. The molecule has 1 aromatic heterocycles. The van der Waals surface area contributed by atoms with Crippen molar-refractivity contribution in [3.63, 3.8) is 0 Å². The van der Waals surface area contributed by atoms with Crippen LogP contribution in [0.2, 0.25) is 0 Å². The number of nitrogens with zero attached hydrogens (tertiary/aromatic N) is 1. The van der Waals surface area contributed by atoms with Gasteiger partial charge in [-0.2, -0.15) is 0 Å². The number of rotatable bonds is 2. The zero-order chi connectivity index (χ0) is 13.1. The van der Waals surface area contributed by atoms with Crippen molar-refractivity contribution >= 4 is 0 Å². The molecule has 0 spiro atoms. The Morgan fingerprint density at radius 3 is 2.63 bits per heavy atom. The minimum atomic E-state index is 0.554. The molecule has 1 aliphatic rings. The minimum Gasteiger partial charge on any atom is -0.316 e. The van der Waals surface area contributed by atoms with Crippen molar-refractivity contribution in [3.8, 4) is 0 Å². The van der Waals surface area contributed by atoms with Crippen LogP contribution in [0.25, 0.3) is 0 Å². The Hall–Kier alpha value is -1.67. The molecule has 0 aliphatic carbocycles. The van der Waals surface area contributed by atoms with Crippen LogP contribution in [-0.4, -0.2) is 18.1 Å². The molecule has 0 saturated carbocycles. The molecule has 1 aliphatic heterocycles. The summed E-state index contributed by atoms with van der Waals surface area (Å²) in [4.78, 5) is 4.28. The van der Waals surface area contributed by atoms with E-state index in [2.05, 4.69) is 47.6 Å². The molecule has 1 aromatic carbocycles. The molecular weight excluding hydrogens is 232 g/mol. The number of nitrogens with one attached hydrogen (secondary N) is 1. The monoisotopic (exact) mass is 252 g/mol. The largest absolute Gasteiger partial charge is 0.316 e. The van der Waals surface area contributed by atoms with Crippen LogP contribution >= 0.6 is 0 Å². The van der Waals surface area contributed by atoms with Gasteiger partial charge in [0.15, 0.2) is 0 Å². The Balaban J connectivity index is 1.91. The lowest BCUT2D eigenvalue weighted by molar-refractivity contribution is 0.403. The van der Waals surface area contributed by atoms with Crippen molar-refractivity contribution in [1.29, 1.82) is 0 Å². The molecule has 98 valence electrons. The van der Waals surface area contributed by atoms with Gasteiger partial charge in [-0.25, -0.2) is 0 Å². The van der Waals surface area contributed by atoms with E-state index in [1.807, 2.05) is 18.5 Å². The Kier molecular flexibility index (Phi) is 3.60. The van der Waals surface area contributed by atoms with E-state index in [0.717, 1.165) is 13.1 Å². The van der Waals surface area contributed by atoms with Crippen molar-refractivity contribution < 1.29 is 0 Å². The summed E-state index contributed by atoms with van der Waals surface area (Å²) in [7, 11) is 0. The fourth-order valence-corrected chi connectivity index (χ4v) is 3.02. The van der Waals surface area contributed by atoms with Crippen LogP contribution in [0, 0.1) is 6.92 Å². The van der Waals surface area contributed by atoms with Crippen LogP contribution in [0.4, 0.5) is 0 Å². The van der Waals surface area contributed by atoms with Crippen molar-refractivity contribution in [3.05, 3.63) is 65.5 Å². The lowest BCUT2D eigenvalue weighted by Crippen LogP contribution is -2.34. The van der Waals surface area contributed by atoms with E-state index in [1.165, 1.54) is 23.1 Å². The Labute approximate surface area is 114 Å². The third-order valence-corrected chi connectivity index (χ3v) is 4.10. The summed E-state index contributed by atoms with van der Waals surface area (Å²) in [5.41, 5.74) is 4.13. The molecule has 1 N–H and O–H groups in total. The lowest BCUT2D eigenvalue weighted by atomic mass is 9.78. The van der Waals surface area contributed by atoms with Gasteiger partial charge in [0.2, 0.25) is 0 Å². The topological polar surface area (TPSA) is 24.9 Å². The van der Waals surface area contributed by atoms with E-state index in [0.29, 0.717) is 11.8 Å². The fraction of sp³-hybridized carbons (Fsp3) is 0.353. The zero-order valence-electron chi connectivity index (χ0n) is 11.3. The van der Waals surface area contributed by atoms with Crippen LogP contribution in [0.1, 0.15) is 34.9 Å². The average Bonchev–Trinajstić information content (AvgIpc) is 2.49. The first-order valence-corrected chi connectivity index (χ1v) is 7.02. The molecule has 2 unspecified atom stereocenters. The third-order valence-electron chi connectivity index (χ3n) is 4.10. The molecule has 0 radical (unpaired) electrons. The van der Waals surface area contributed by atoms with Crippen LogP contribution in [0.15, 0.2) is 48.8 Å². The van der Waals surface area contributed by atoms with E-state index in [1.54, 1.807) is 0 Å². The van der Waals surface area contributed by atoms with Gasteiger partial charge in [-0.3, -0.25) is 4.98 Å². The number of hydrogen-bond acceptors (Lipinski definition) is 2. The molecule has 2 atom stereocenters. The predicted octanol–water partition coefficient (Wildman–Crippen LogP) is 3.25. The van der Waals surface area contributed by atoms with Crippen LogP contribution in [0.3, 0.4) is 0 Å². The first-order chi connectivity index (χ1) is 9.34. The summed E-state index contributed by atoms with van der Waals surface area (Å²) in [5, 5.41) is 3.53. The Morgan fingerprint density at radius 1 is 1.05 bits per heavy atom. The Bertz CT molecular complexity index is 519. The maximum atomic E-state index is 4.28.